The maximum Gasteiger partial charge on any atom is 0.0640 e. The molecule has 1 N–H and O–H groups in total. The Morgan fingerprint density at radius 2 is 2.11 bits per heavy atom. The van der Waals surface area contributed by atoms with Crippen LogP contribution in [0.2, 0.25) is 0 Å². The summed E-state index contributed by atoms with van der Waals surface area (Å²) in [5.74, 6) is 1.47. The number of aromatic nitrogens is 2. The molecule has 1 aromatic carbocycles. The Morgan fingerprint density at radius 3 is 2.74 bits per heavy atom. The summed E-state index contributed by atoms with van der Waals surface area (Å²) in [5, 5.41) is 7.96. The predicted octanol–water partition coefficient (Wildman–Crippen LogP) is 2.35. The van der Waals surface area contributed by atoms with Crippen LogP contribution in [-0.2, 0) is 13.5 Å². The second-order valence-electron chi connectivity index (χ2n) is 5.50. The van der Waals surface area contributed by atoms with E-state index in [0.717, 1.165) is 18.3 Å². The zero-order valence-electron chi connectivity index (χ0n) is 11.6. The van der Waals surface area contributed by atoms with Crippen LogP contribution in [0.5, 0.6) is 0 Å². The topological polar surface area (TPSA) is 29.9 Å². The van der Waals surface area contributed by atoms with Crippen LogP contribution in [0.15, 0.2) is 42.6 Å². The maximum absolute atomic E-state index is 4.48. The minimum atomic E-state index is 0.528. The van der Waals surface area contributed by atoms with Crippen molar-refractivity contribution in [2.45, 2.75) is 24.8 Å². The van der Waals surface area contributed by atoms with E-state index in [2.05, 4.69) is 53.9 Å². The van der Waals surface area contributed by atoms with E-state index < -0.39 is 0 Å². The van der Waals surface area contributed by atoms with Crippen LogP contribution in [0.4, 0.5) is 0 Å². The summed E-state index contributed by atoms with van der Waals surface area (Å²) in [5.41, 5.74) is 2.66. The van der Waals surface area contributed by atoms with Crippen LogP contribution >= 0.6 is 0 Å². The molecule has 1 fully saturated rings. The van der Waals surface area contributed by atoms with Crippen LogP contribution in [0.25, 0.3) is 0 Å². The highest BCUT2D eigenvalue weighted by atomic mass is 15.2. The Bertz CT molecular complexity index is 532. The van der Waals surface area contributed by atoms with Gasteiger partial charge in [0.05, 0.1) is 5.69 Å². The summed E-state index contributed by atoms with van der Waals surface area (Å²) in [6, 6.07) is 13.5. The molecule has 3 heteroatoms. The van der Waals surface area contributed by atoms with Crippen molar-refractivity contribution in [1.29, 1.82) is 0 Å². The van der Waals surface area contributed by atoms with E-state index in [1.165, 1.54) is 17.7 Å². The van der Waals surface area contributed by atoms with Gasteiger partial charge in [-0.2, -0.15) is 5.10 Å². The van der Waals surface area contributed by atoms with Crippen molar-refractivity contribution in [3.8, 4) is 0 Å². The van der Waals surface area contributed by atoms with Crippen molar-refractivity contribution in [3.63, 3.8) is 0 Å². The molecule has 1 aliphatic carbocycles. The zero-order valence-corrected chi connectivity index (χ0v) is 11.6. The van der Waals surface area contributed by atoms with Gasteiger partial charge in [-0.25, -0.2) is 0 Å². The highest BCUT2D eigenvalue weighted by Gasteiger charge is 2.43. The molecule has 1 aromatic heterocycles. The van der Waals surface area contributed by atoms with E-state index in [1.807, 2.05) is 17.9 Å². The van der Waals surface area contributed by atoms with Crippen LogP contribution in [-0.4, -0.2) is 22.9 Å². The Hall–Kier alpha value is -1.61. The summed E-state index contributed by atoms with van der Waals surface area (Å²) < 4.78 is 1.88. The van der Waals surface area contributed by atoms with Crippen LogP contribution in [0, 0.1) is 5.92 Å². The molecule has 0 bridgehead atoms. The second-order valence-corrected chi connectivity index (χ2v) is 5.50. The number of likely N-dealkylation sites (N-methyl/N-ethyl adjacent to an activating group) is 1. The lowest BCUT2D eigenvalue weighted by Crippen LogP contribution is -2.30. The maximum atomic E-state index is 4.48. The van der Waals surface area contributed by atoms with Gasteiger partial charge in [-0.1, -0.05) is 30.3 Å². The number of aryl methyl sites for hydroxylation is 1. The molecule has 1 saturated carbocycles. The first-order valence-electron chi connectivity index (χ1n) is 6.98. The summed E-state index contributed by atoms with van der Waals surface area (Å²) in [6.07, 6.45) is 4.33. The van der Waals surface area contributed by atoms with E-state index in [4.69, 9.17) is 0 Å². The van der Waals surface area contributed by atoms with Crippen LogP contribution in [0.3, 0.4) is 0 Å². The molecule has 2 aromatic rings. The third kappa shape index (κ3) is 2.71. The molecule has 1 aliphatic rings. The fourth-order valence-corrected chi connectivity index (χ4v) is 3.01. The van der Waals surface area contributed by atoms with Crippen LogP contribution < -0.4 is 5.32 Å². The average Bonchev–Trinajstić information content (AvgIpc) is 3.13. The van der Waals surface area contributed by atoms with Crippen molar-refractivity contribution < 1.29 is 0 Å². The lowest BCUT2D eigenvalue weighted by atomic mass is 10.0. The number of rotatable bonds is 5. The smallest absolute Gasteiger partial charge is 0.0640 e. The zero-order chi connectivity index (χ0) is 13.2. The van der Waals surface area contributed by atoms with Crippen molar-refractivity contribution in [2.75, 3.05) is 7.05 Å². The molecule has 3 rings (SSSR count). The molecular formula is C16H21N3. The molecule has 0 aliphatic heterocycles. The average molecular weight is 255 g/mol. The molecule has 0 amide bonds. The normalized spacial score (nSPS) is 23.3. The quantitative estimate of drug-likeness (QED) is 0.889. The number of hydrogen-bond acceptors (Lipinski definition) is 2. The SMILES string of the molecule is CNC(Cc1ccn(C)n1)C1CC1c1ccccc1. The molecule has 3 unspecified atom stereocenters. The minimum Gasteiger partial charge on any atom is -0.316 e. The number of hydrogen-bond donors (Lipinski definition) is 1. The molecule has 0 spiro atoms. The van der Waals surface area contributed by atoms with Gasteiger partial charge in [0.2, 0.25) is 0 Å². The third-order valence-electron chi connectivity index (χ3n) is 4.15. The summed E-state index contributed by atoms with van der Waals surface area (Å²) in [7, 11) is 4.04. The molecule has 0 saturated heterocycles. The lowest BCUT2D eigenvalue weighted by Gasteiger charge is -2.15. The number of nitrogens with zero attached hydrogens (tertiary/aromatic N) is 2. The van der Waals surface area contributed by atoms with Gasteiger partial charge >= 0.3 is 0 Å². The van der Waals surface area contributed by atoms with E-state index in [9.17, 15) is 0 Å². The molecule has 100 valence electrons. The Morgan fingerprint density at radius 1 is 1.32 bits per heavy atom. The Labute approximate surface area is 114 Å². The van der Waals surface area contributed by atoms with Crippen LogP contribution in [0.1, 0.15) is 23.6 Å². The van der Waals surface area contributed by atoms with E-state index in [-0.39, 0.29) is 0 Å². The summed E-state index contributed by atoms with van der Waals surface area (Å²) in [4.78, 5) is 0. The largest absolute Gasteiger partial charge is 0.316 e. The van der Waals surface area contributed by atoms with Gasteiger partial charge in [0.25, 0.3) is 0 Å². The highest BCUT2D eigenvalue weighted by Crippen LogP contribution is 2.49. The van der Waals surface area contributed by atoms with Crippen molar-refractivity contribution in [3.05, 3.63) is 53.9 Å². The summed E-state index contributed by atoms with van der Waals surface area (Å²) in [6.45, 7) is 0. The third-order valence-corrected chi connectivity index (χ3v) is 4.15. The molecule has 3 atom stereocenters. The molecule has 19 heavy (non-hydrogen) atoms. The van der Waals surface area contributed by atoms with Gasteiger partial charge in [0.1, 0.15) is 0 Å². The molecule has 1 heterocycles. The van der Waals surface area contributed by atoms with Gasteiger partial charge in [0.15, 0.2) is 0 Å². The Kier molecular flexibility index (Phi) is 3.38. The van der Waals surface area contributed by atoms with Gasteiger partial charge in [-0.3, -0.25) is 4.68 Å². The van der Waals surface area contributed by atoms with Gasteiger partial charge in [0, 0.05) is 25.7 Å². The standard InChI is InChI=1S/C16H21N3/c1-17-16(10-13-8-9-19(2)18-13)15-11-14(15)12-6-4-3-5-7-12/h3-9,14-17H,10-11H2,1-2H3. The van der Waals surface area contributed by atoms with Crippen molar-refractivity contribution in [2.24, 2.45) is 13.0 Å². The number of benzene rings is 1. The van der Waals surface area contributed by atoms with Gasteiger partial charge in [-0.05, 0) is 36.9 Å². The number of nitrogens with one attached hydrogen (secondary N) is 1. The molecule has 3 nitrogen and oxygen atoms in total. The summed E-state index contributed by atoms with van der Waals surface area (Å²) >= 11 is 0. The first-order valence-corrected chi connectivity index (χ1v) is 6.98. The van der Waals surface area contributed by atoms with E-state index in [1.54, 1.807) is 0 Å². The molecular weight excluding hydrogens is 234 g/mol. The monoisotopic (exact) mass is 255 g/mol. The highest BCUT2D eigenvalue weighted by molar-refractivity contribution is 5.27. The van der Waals surface area contributed by atoms with Gasteiger partial charge in [-0.15, -0.1) is 0 Å². The minimum absolute atomic E-state index is 0.528. The molecule has 0 radical (unpaired) electrons. The van der Waals surface area contributed by atoms with E-state index in [0.29, 0.717) is 6.04 Å². The fraction of sp³-hybridized carbons (Fsp3) is 0.438. The Balaban J connectivity index is 1.65. The second kappa shape index (κ2) is 5.17. The predicted molar refractivity (Wildman–Crippen MR) is 77.0 cm³/mol. The fourth-order valence-electron chi connectivity index (χ4n) is 3.01. The first kappa shape index (κ1) is 12.4. The lowest BCUT2D eigenvalue weighted by molar-refractivity contribution is 0.484. The van der Waals surface area contributed by atoms with E-state index >= 15 is 0 Å². The van der Waals surface area contributed by atoms with Crippen molar-refractivity contribution >= 4 is 0 Å². The van der Waals surface area contributed by atoms with Gasteiger partial charge < -0.3 is 5.32 Å². The first-order chi connectivity index (χ1) is 9.28. The van der Waals surface area contributed by atoms with Crippen molar-refractivity contribution in [1.82, 2.24) is 15.1 Å².